The maximum Gasteiger partial charge on any atom is 0.264 e. The molecule has 14 nitrogen and oxygen atoms in total. The minimum Gasteiger partial charge on any atom is -0.326 e. The van der Waals surface area contributed by atoms with E-state index in [2.05, 4.69) is 40.0 Å². The molecule has 2 aromatic heterocycles. The summed E-state index contributed by atoms with van der Waals surface area (Å²) < 4.78 is 54.4. The third-order valence-corrected chi connectivity index (χ3v) is 9.10. The number of anilines is 4. The van der Waals surface area contributed by atoms with Crippen LogP contribution in [0.25, 0.3) is 0 Å². The molecule has 0 bridgehead atoms. The summed E-state index contributed by atoms with van der Waals surface area (Å²) >= 11 is 1.42. The van der Waals surface area contributed by atoms with Crippen molar-refractivity contribution in [2.45, 2.75) is 22.6 Å². The minimum absolute atomic E-state index is 0.0112. The lowest BCUT2D eigenvalue weighted by atomic mass is 10.3. The Bertz CT molecular complexity index is 1610. The molecule has 2 amide bonds. The summed E-state index contributed by atoms with van der Waals surface area (Å²) in [6.45, 7) is 0. The molecule has 0 aliphatic rings. The molecule has 0 radical (unpaired) electrons. The molecule has 0 aliphatic heterocycles. The Balaban J connectivity index is 1.14. The monoisotopic (exact) mass is 642 g/mol. The van der Waals surface area contributed by atoms with Gasteiger partial charge >= 0.3 is 0 Å². The molecule has 17 heteroatoms. The van der Waals surface area contributed by atoms with Crippen molar-refractivity contribution in [3.8, 4) is 0 Å². The largest absolute Gasteiger partial charge is 0.326 e. The molecule has 0 unspecified atom stereocenters. The minimum atomic E-state index is -3.88. The summed E-state index contributed by atoms with van der Waals surface area (Å²) in [4.78, 5) is 39.8. The van der Waals surface area contributed by atoms with Crippen LogP contribution in [-0.4, -0.2) is 60.1 Å². The molecule has 4 N–H and O–H groups in total. The van der Waals surface area contributed by atoms with Gasteiger partial charge in [-0.2, -0.15) is 11.8 Å². The number of carbonyl (C=O) groups excluding carboxylic acids is 2. The van der Waals surface area contributed by atoms with E-state index in [1.165, 1.54) is 85.1 Å². The Labute approximate surface area is 252 Å². The van der Waals surface area contributed by atoms with Gasteiger partial charge < -0.3 is 10.6 Å². The molecule has 0 saturated carbocycles. The molecular weight excluding hydrogens is 617 g/mol. The quantitative estimate of drug-likeness (QED) is 0.147. The predicted molar refractivity (Wildman–Crippen MR) is 162 cm³/mol. The van der Waals surface area contributed by atoms with E-state index in [9.17, 15) is 26.4 Å². The normalized spacial score (nSPS) is 11.3. The molecule has 2 heterocycles. The van der Waals surface area contributed by atoms with Crippen molar-refractivity contribution in [2.24, 2.45) is 0 Å². The van der Waals surface area contributed by atoms with Crippen LogP contribution in [0.5, 0.6) is 0 Å². The summed E-state index contributed by atoms with van der Waals surface area (Å²) in [6, 6.07) is 14.5. The van der Waals surface area contributed by atoms with Gasteiger partial charge in [0.15, 0.2) is 0 Å². The van der Waals surface area contributed by atoms with E-state index in [0.717, 1.165) is 0 Å². The van der Waals surface area contributed by atoms with Gasteiger partial charge in [-0.25, -0.2) is 46.2 Å². The van der Waals surface area contributed by atoms with Gasteiger partial charge in [0.2, 0.25) is 23.7 Å². The average Bonchev–Trinajstić information content (AvgIpc) is 2.98. The van der Waals surface area contributed by atoms with E-state index in [0.29, 0.717) is 22.9 Å². The Morgan fingerprint density at radius 3 is 1.28 bits per heavy atom. The van der Waals surface area contributed by atoms with Crippen LogP contribution in [0.15, 0.2) is 95.2 Å². The number of thioether (sulfide) groups is 1. The van der Waals surface area contributed by atoms with Gasteiger partial charge in [0.05, 0.1) is 9.79 Å². The first kappa shape index (κ1) is 31.3. The highest BCUT2D eigenvalue weighted by Crippen LogP contribution is 2.18. The second-order valence-corrected chi connectivity index (χ2v) is 13.2. The lowest BCUT2D eigenvalue weighted by Gasteiger charge is -2.09. The first-order valence-corrected chi connectivity index (χ1v) is 16.7. The van der Waals surface area contributed by atoms with Crippen molar-refractivity contribution >= 4 is 66.9 Å². The SMILES string of the molecule is O=C(CCSCCC(=O)Nc1ccc(S(=O)(=O)Nc2ncccn2)cc1)Nc1ccc(S(=O)(=O)Nc2ncccn2)cc1. The lowest BCUT2D eigenvalue weighted by molar-refractivity contribution is -0.116. The van der Waals surface area contributed by atoms with E-state index in [1.807, 2.05) is 0 Å². The number of benzene rings is 2. The number of carbonyl (C=O) groups is 2. The predicted octanol–water partition coefficient (Wildman–Crippen LogP) is 2.96. The van der Waals surface area contributed by atoms with Gasteiger partial charge in [-0.1, -0.05) is 0 Å². The molecular formula is C26H26N8O6S3. The van der Waals surface area contributed by atoms with Gasteiger partial charge in [0.1, 0.15) is 0 Å². The third-order valence-electron chi connectivity index (χ3n) is 5.43. The highest BCUT2D eigenvalue weighted by Gasteiger charge is 2.17. The van der Waals surface area contributed by atoms with Gasteiger partial charge in [0.25, 0.3) is 20.0 Å². The highest BCUT2D eigenvalue weighted by atomic mass is 32.2. The lowest BCUT2D eigenvalue weighted by Crippen LogP contribution is -2.16. The summed E-state index contributed by atoms with van der Waals surface area (Å²) in [6.07, 6.45) is 6.04. The molecule has 4 rings (SSSR count). The molecule has 224 valence electrons. The Morgan fingerprint density at radius 2 is 0.930 bits per heavy atom. The van der Waals surface area contributed by atoms with Gasteiger partial charge in [-0.3, -0.25) is 9.59 Å². The van der Waals surface area contributed by atoms with Crippen LogP contribution in [0.3, 0.4) is 0 Å². The summed E-state index contributed by atoms with van der Waals surface area (Å²) in [5, 5.41) is 5.41. The van der Waals surface area contributed by atoms with Crippen molar-refractivity contribution < 1.29 is 26.4 Å². The maximum atomic E-state index is 12.5. The number of rotatable bonds is 14. The van der Waals surface area contributed by atoms with Crippen molar-refractivity contribution in [2.75, 3.05) is 31.6 Å². The maximum absolute atomic E-state index is 12.5. The molecule has 0 atom stereocenters. The summed E-state index contributed by atoms with van der Waals surface area (Å²) in [5.41, 5.74) is 0.875. The van der Waals surface area contributed by atoms with E-state index in [4.69, 9.17) is 0 Å². The van der Waals surface area contributed by atoms with Gasteiger partial charge in [-0.15, -0.1) is 0 Å². The van der Waals surface area contributed by atoms with Crippen LogP contribution < -0.4 is 20.1 Å². The number of hydrogen-bond acceptors (Lipinski definition) is 11. The van der Waals surface area contributed by atoms with E-state index in [-0.39, 0.29) is 46.3 Å². The number of amides is 2. The van der Waals surface area contributed by atoms with Gasteiger partial charge in [-0.05, 0) is 60.7 Å². The van der Waals surface area contributed by atoms with Crippen molar-refractivity contribution in [3.63, 3.8) is 0 Å². The van der Waals surface area contributed by atoms with Crippen LogP contribution >= 0.6 is 11.8 Å². The van der Waals surface area contributed by atoms with Crippen molar-refractivity contribution in [3.05, 3.63) is 85.5 Å². The van der Waals surface area contributed by atoms with E-state index < -0.39 is 20.0 Å². The zero-order valence-electron chi connectivity index (χ0n) is 22.4. The summed E-state index contributed by atoms with van der Waals surface area (Å²) in [7, 11) is -7.76. The van der Waals surface area contributed by atoms with Crippen LogP contribution in [0.2, 0.25) is 0 Å². The smallest absolute Gasteiger partial charge is 0.264 e. The molecule has 4 aromatic rings. The number of aromatic nitrogens is 4. The number of nitrogens with zero attached hydrogens (tertiary/aromatic N) is 4. The van der Waals surface area contributed by atoms with Crippen molar-refractivity contribution in [1.29, 1.82) is 0 Å². The first-order valence-electron chi connectivity index (χ1n) is 12.6. The standard InChI is InChI=1S/C26H26N8O6S3/c35-23(31-19-3-7-21(8-4-19)42(37,38)33-25-27-13-1-14-28-25)11-17-41-18-12-24(36)32-20-5-9-22(10-6-20)43(39,40)34-26-29-15-2-16-30-26/h1-10,13-16H,11-12,17-18H2,(H,31,35)(H,32,36)(H,27,28,33)(H,29,30,34). The zero-order chi connectivity index (χ0) is 30.7. The third kappa shape index (κ3) is 9.73. The van der Waals surface area contributed by atoms with E-state index in [1.54, 1.807) is 12.1 Å². The van der Waals surface area contributed by atoms with Crippen LogP contribution in [0.1, 0.15) is 12.8 Å². The number of nitrogens with one attached hydrogen (secondary N) is 4. The molecule has 0 saturated heterocycles. The zero-order valence-corrected chi connectivity index (χ0v) is 24.8. The van der Waals surface area contributed by atoms with Crippen LogP contribution in [-0.2, 0) is 29.6 Å². The fraction of sp³-hybridized carbons (Fsp3) is 0.154. The average molecular weight is 643 g/mol. The second kappa shape index (κ2) is 14.5. The van der Waals surface area contributed by atoms with Crippen LogP contribution in [0, 0.1) is 0 Å². The van der Waals surface area contributed by atoms with E-state index >= 15 is 0 Å². The topological polar surface area (TPSA) is 202 Å². The molecule has 43 heavy (non-hydrogen) atoms. The molecule has 0 spiro atoms. The number of hydrogen-bond donors (Lipinski definition) is 4. The highest BCUT2D eigenvalue weighted by molar-refractivity contribution is 7.99. The molecule has 2 aromatic carbocycles. The molecule has 0 aliphatic carbocycles. The first-order chi connectivity index (χ1) is 20.6. The Kier molecular flexibility index (Phi) is 10.6. The number of sulfonamides is 2. The van der Waals surface area contributed by atoms with Crippen LogP contribution in [0.4, 0.5) is 23.3 Å². The molecule has 0 fully saturated rings. The fourth-order valence-electron chi connectivity index (χ4n) is 3.38. The Morgan fingerprint density at radius 1 is 0.581 bits per heavy atom. The fourth-order valence-corrected chi connectivity index (χ4v) is 6.16. The second-order valence-electron chi connectivity index (χ2n) is 8.61. The Hall–Kier alpha value is -4.61. The summed E-state index contributed by atoms with van der Waals surface area (Å²) in [5.74, 6) is 0.322. The van der Waals surface area contributed by atoms with Crippen molar-refractivity contribution in [1.82, 2.24) is 19.9 Å². The van der Waals surface area contributed by atoms with Gasteiger partial charge in [0, 0.05) is 60.5 Å².